The molecule has 2 rings (SSSR count). The van der Waals surface area contributed by atoms with Crippen molar-refractivity contribution in [3.8, 4) is 0 Å². The number of hydrogen-bond donors (Lipinski definition) is 1. The minimum absolute atomic E-state index is 0.805. The number of aliphatic imine (C=N–C) groups is 1. The number of nitrogens with one attached hydrogen (secondary N) is 1. The number of aryl methyl sites for hydroxylation is 1. The fourth-order valence-corrected chi connectivity index (χ4v) is 3.40. The molecule has 1 N–H and O–H groups in total. The maximum Gasteiger partial charge on any atom is 0.193 e. The highest BCUT2D eigenvalue weighted by Crippen LogP contribution is 2.28. The van der Waals surface area contributed by atoms with Gasteiger partial charge in [-0.15, -0.1) is 10.2 Å². The van der Waals surface area contributed by atoms with Crippen molar-refractivity contribution in [1.29, 1.82) is 0 Å². The van der Waals surface area contributed by atoms with Gasteiger partial charge in [-0.05, 0) is 24.7 Å². The van der Waals surface area contributed by atoms with E-state index < -0.39 is 0 Å². The Morgan fingerprint density at radius 3 is 2.78 bits per heavy atom. The molecule has 1 saturated carbocycles. The molecule has 1 heterocycles. The van der Waals surface area contributed by atoms with Gasteiger partial charge in [-0.1, -0.05) is 26.7 Å². The zero-order valence-electron chi connectivity index (χ0n) is 15.1. The van der Waals surface area contributed by atoms with Crippen molar-refractivity contribution in [2.75, 3.05) is 27.2 Å². The van der Waals surface area contributed by atoms with Gasteiger partial charge in [0, 0.05) is 40.2 Å². The molecule has 1 fully saturated rings. The predicted octanol–water partition coefficient (Wildman–Crippen LogP) is 2.17. The summed E-state index contributed by atoms with van der Waals surface area (Å²) in [6.07, 6.45) is 8.16. The van der Waals surface area contributed by atoms with Gasteiger partial charge in [0.25, 0.3) is 0 Å². The van der Waals surface area contributed by atoms with Gasteiger partial charge in [-0.25, -0.2) is 0 Å². The van der Waals surface area contributed by atoms with Crippen molar-refractivity contribution in [3.05, 3.63) is 12.2 Å². The summed E-state index contributed by atoms with van der Waals surface area (Å²) in [6, 6.07) is 0. The van der Waals surface area contributed by atoms with Gasteiger partial charge in [-0.2, -0.15) is 0 Å². The third-order valence-electron chi connectivity index (χ3n) is 4.89. The van der Waals surface area contributed by atoms with Crippen LogP contribution in [0.2, 0.25) is 0 Å². The van der Waals surface area contributed by atoms with E-state index in [2.05, 4.69) is 50.9 Å². The lowest BCUT2D eigenvalue weighted by Crippen LogP contribution is -2.42. The first-order valence-electron chi connectivity index (χ1n) is 8.92. The molecule has 0 amide bonds. The SMILES string of the molecule is CCc1nncn1CCNC(=NC)N(C)CC1CCC(C)CC1. The van der Waals surface area contributed by atoms with Crippen LogP contribution in [0.5, 0.6) is 0 Å². The average Bonchev–Trinajstić information content (AvgIpc) is 3.01. The zero-order chi connectivity index (χ0) is 16.7. The van der Waals surface area contributed by atoms with Crippen LogP contribution in [-0.2, 0) is 13.0 Å². The number of rotatable bonds is 6. The molecule has 130 valence electrons. The molecule has 0 unspecified atom stereocenters. The minimum atomic E-state index is 0.805. The fraction of sp³-hybridized carbons (Fsp3) is 0.824. The van der Waals surface area contributed by atoms with E-state index in [0.717, 1.165) is 49.7 Å². The maximum atomic E-state index is 4.42. The van der Waals surface area contributed by atoms with Crippen LogP contribution in [0.4, 0.5) is 0 Å². The van der Waals surface area contributed by atoms with E-state index >= 15 is 0 Å². The maximum absolute atomic E-state index is 4.42. The first kappa shape index (κ1) is 17.8. The third-order valence-corrected chi connectivity index (χ3v) is 4.89. The van der Waals surface area contributed by atoms with Gasteiger partial charge in [0.05, 0.1) is 0 Å². The Morgan fingerprint density at radius 1 is 1.39 bits per heavy atom. The first-order valence-corrected chi connectivity index (χ1v) is 8.92. The molecule has 6 nitrogen and oxygen atoms in total. The first-order chi connectivity index (χ1) is 11.1. The van der Waals surface area contributed by atoms with Crippen LogP contribution in [0.25, 0.3) is 0 Å². The van der Waals surface area contributed by atoms with Gasteiger partial charge in [0.1, 0.15) is 12.2 Å². The van der Waals surface area contributed by atoms with Crippen molar-refractivity contribution in [3.63, 3.8) is 0 Å². The lowest BCUT2D eigenvalue weighted by molar-refractivity contribution is 0.250. The third kappa shape index (κ3) is 5.22. The summed E-state index contributed by atoms with van der Waals surface area (Å²) in [5, 5.41) is 11.5. The van der Waals surface area contributed by atoms with E-state index in [1.807, 2.05) is 7.05 Å². The van der Waals surface area contributed by atoms with Gasteiger partial charge < -0.3 is 14.8 Å². The Balaban J connectivity index is 1.76. The van der Waals surface area contributed by atoms with Gasteiger partial charge in [-0.3, -0.25) is 4.99 Å². The van der Waals surface area contributed by atoms with Crippen molar-refractivity contribution in [2.45, 2.75) is 52.5 Å². The molecule has 0 atom stereocenters. The van der Waals surface area contributed by atoms with Crippen molar-refractivity contribution in [2.24, 2.45) is 16.8 Å². The average molecular weight is 320 g/mol. The lowest BCUT2D eigenvalue weighted by atomic mass is 9.83. The van der Waals surface area contributed by atoms with Crippen LogP contribution < -0.4 is 5.32 Å². The number of nitrogens with zero attached hydrogens (tertiary/aromatic N) is 5. The van der Waals surface area contributed by atoms with Crippen LogP contribution in [0.3, 0.4) is 0 Å². The highest BCUT2D eigenvalue weighted by molar-refractivity contribution is 5.79. The molecule has 0 bridgehead atoms. The van der Waals surface area contributed by atoms with Gasteiger partial charge >= 0.3 is 0 Å². The van der Waals surface area contributed by atoms with Crippen LogP contribution in [0, 0.1) is 11.8 Å². The second-order valence-electron chi connectivity index (χ2n) is 6.77. The van der Waals surface area contributed by atoms with E-state index in [9.17, 15) is 0 Å². The summed E-state index contributed by atoms with van der Waals surface area (Å²) < 4.78 is 2.10. The highest BCUT2D eigenvalue weighted by atomic mass is 15.3. The van der Waals surface area contributed by atoms with E-state index in [-0.39, 0.29) is 0 Å². The zero-order valence-corrected chi connectivity index (χ0v) is 15.1. The molecular formula is C17H32N6. The molecule has 0 aromatic carbocycles. The van der Waals surface area contributed by atoms with Crippen LogP contribution in [0.1, 0.15) is 45.4 Å². The van der Waals surface area contributed by atoms with E-state index in [1.165, 1.54) is 25.7 Å². The molecule has 1 aliphatic rings. The number of guanidine groups is 1. The quantitative estimate of drug-likeness (QED) is 0.645. The van der Waals surface area contributed by atoms with Gasteiger partial charge in [0.2, 0.25) is 0 Å². The molecule has 1 aliphatic carbocycles. The van der Waals surface area contributed by atoms with Crippen molar-refractivity contribution >= 4 is 5.96 Å². The molecule has 1 aromatic heterocycles. The highest BCUT2D eigenvalue weighted by Gasteiger charge is 2.20. The number of hydrogen-bond acceptors (Lipinski definition) is 3. The van der Waals surface area contributed by atoms with Gasteiger partial charge in [0.15, 0.2) is 5.96 Å². The molecule has 0 radical (unpaired) electrons. The standard InChI is InChI=1S/C17H32N6/c1-5-16-21-20-13-23(16)11-10-19-17(18-3)22(4)12-15-8-6-14(2)7-9-15/h13-15H,5-12H2,1-4H3,(H,18,19). The van der Waals surface area contributed by atoms with E-state index in [1.54, 1.807) is 6.33 Å². The molecule has 0 saturated heterocycles. The molecule has 23 heavy (non-hydrogen) atoms. The molecule has 0 aliphatic heterocycles. The summed E-state index contributed by atoms with van der Waals surface area (Å²) in [6.45, 7) is 7.27. The second-order valence-corrected chi connectivity index (χ2v) is 6.77. The largest absolute Gasteiger partial charge is 0.354 e. The van der Waals surface area contributed by atoms with E-state index in [4.69, 9.17) is 0 Å². The summed E-state index contributed by atoms with van der Waals surface area (Å²) in [7, 11) is 4.00. The molecule has 1 aromatic rings. The Bertz CT molecular complexity index is 487. The Hall–Kier alpha value is -1.59. The molecule has 0 spiro atoms. The topological polar surface area (TPSA) is 58.3 Å². The molecular weight excluding hydrogens is 288 g/mol. The minimum Gasteiger partial charge on any atom is -0.354 e. The van der Waals surface area contributed by atoms with Crippen molar-refractivity contribution in [1.82, 2.24) is 25.0 Å². The van der Waals surface area contributed by atoms with Crippen LogP contribution >= 0.6 is 0 Å². The lowest BCUT2D eigenvalue weighted by Gasteiger charge is -2.31. The Kier molecular flexibility index (Phi) is 6.86. The smallest absolute Gasteiger partial charge is 0.193 e. The fourth-order valence-electron chi connectivity index (χ4n) is 3.40. The normalized spacial score (nSPS) is 22.2. The summed E-state index contributed by atoms with van der Waals surface area (Å²) in [5.41, 5.74) is 0. The summed E-state index contributed by atoms with van der Waals surface area (Å²) in [4.78, 5) is 6.69. The second kappa shape index (κ2) is 8.89. The number of aromatic nitrogens is 3. The Labute approximate surface area is 140 Å². The van der Waals surface area contributed by atoms with E-state index in [0.29, 0.717) is 0 Å². The van der Waals surface area contributed by atoms with Crippen molar-refractivity contribution < 1.29 is 0 Å². The summed E-state index contributed by atoms with van der Waals surface area (Å²) >= 11 is 0. The van der Waals surface area contributed by atoms with Crippen LogP contribution in [0.15, 0.2) is 11.3 Å². The summed E-state index contributed by atoms with van der Waals surface area (Å²) in [5.74, 6) is 3.73. The predicted molar refractivity (Wildman–Crippen MR) is 94.5 cm³/mol. The Morgan fingerprint density at radius 2 is 2.13 bits per heavy atom. The van der Waals surface area contributed by atoms with Crippen LogP contribution in [-0.4, -0.2) is 52.8 Å². The monoisotopic (exact) mass is 320 g/mol. The molecule has 6 heteroatoms.